The monoisotopic (exact) mass is 267 g/mol. The highest BCUT2D eigenvalue weighted by atomic mass is 16.1. The Labute approximate surface area is 115 Å². The molecule has 4 N–H and O–H groups in total. The van der Waals surface area contributed by atoms with Gasteiger partial charge in [-0.1, -0.05) is 18.2 Å². The zero-order chi connectivity index (χ0) is 14.1. The van der Waals surface area contributed by atoms with Crippen molar-refractivity contribution in [3.8, 4) is 0 Å². The zero-order valence-electron chi connectivity index (χ0n) is 10.7. The second-order valence-corrected chi connectivity index (χ2v) is 4.48. The number of benzene rings is 1. The van der Waals surface area contributed by atoms with E-state index in [0.717, 1.165) is 16.5 Å². The molecule has 6 nitrogen and oxygen atoms in total. The fraction of sp³-hybridized carbons (Fsp3) is 0.0714. The number of fused-ring (bicyclic) bond motifs is 1. The Morgan fingerprint density at radius 1 is 1.25 bits per heavy atom. The van der Waals surface area contributed by atoms with E-state index in [1.807, 2.05) is 30.3 Å². The van der Waals surface area contributed by atoms with Crippen LogP contribution in [0.5, 0.6) is 0 Å². The molecule has 0 aliphatic carbocycles. The van der Waals surface area contributed by atoms with Gasteiger partial charge in [-0.05, 0) is 17.7 Å². The summed E-state index contributed by atoms with van der Waals surface area (Å²) < 4.78 is 1.61. The molecule has 3 rings (SSSR count). The number of nitrogens with two attached hydrogens (primary N) is 2. The summed E-state index contributed by atoms with van der Waals surface area (Å²) in [4.78, 5) is 15.5. The van der Waals surface area contributed by atoms with Crippen molar-refractivity contribution in [3.05, 3.63) is 54.0 Å². The van der Waals surface area contributed by atoms with Crippen LogP contribution in [0.15, 0.2) is 42.7 Å². The Hall–Kier alpha value is -2.89. The first kappa shape index (κ1) is 12.2. The number of nitrogens with zero attached hydrogens (tertiary/aromatic N) is 3. The summed E-state index contributed by atoms with van der Waals surface area (Å²) in [7, 11) is 0. The molecular weight excluding hydrogens is 254 g/mol. The number of hydrogen-bond donors (Lipinski definition) is 2. The van der Waals surface area contributed by atoms with Gasteiger partial charge in [0.2, 0.25) is 0 Å². The lowest BCUT2D eigenvalue weighted by atomic mass is 10.1. The molecule has 20 heavy (non-hydrogen) atoms. The van der Waals surface area contributed by atoms with Gasteiger partial charge in [0, 0.05) is 17.8 Å². The lowest BCUT2D eigenvalue weighted by Gasteiger charge is -2.05. The molecule has 1 aromatic carbocycles. The number of rotatable bonds is 3. The van der Waals surface area contributed by atoms with E-state index in [-0.39, 0.29) is 11.4 Å². The minimum Gasteiger partial charge on any atom is -0.396 e. The highest BCUT2D eigenvalue weighted by Gasteiger charge is 2.12. The fourth-order valence-electron chi connectivity index (χ4n) is 2.18. The van der Waals surface area contributed by atoms with Gasteiger partial charge in [0.15, 0.2) is 5.69 Å². The van der Waals surface area contributed by atoms with Gasteiger partial charge < -0.3 is 11.5 Å². The normalized spacial score (nSPS) is 10.8. The number of anilines is 1. The van der Waals surface area contributed by atoms with E-state index in [9.17, 15) is 4.79 Å². The quantitative estimate of drug-likeness (QED) is 0.743. The van der Waals surface area contributed by atoms with Gasteiger partial charge in [0.05, 0.1) is 17.7 Å². The molecule has 0 unspecified atom stereocenters. The van der Waals surface area contributed by atoms with Crippen LogP contribution in [0.25, 0.3) is 10.9 Å². The van der Waals surface area contributed by atoms with Crippen molar-refractivity contribution in [3.63, 3.8) is 0 Å². The Morgan fingerprint density at radius 3 is 2.80 bits per heavy atom. The van der Waals surface area contributed by atoms with Gasteiger partial charge in [-0.25, -0.2) is 0 Å². The molecule has 100 valence electrons. The maximum absolute atomic E-state index is 11.2. The van der Waals surface area contributed by atoms with Crippen LogP contribution in [0, 0.1) is 0 Å². The largest absolute Gasteiger partial charge is 0.396 e. The van der Waals surface area contributed by atoms with Crippen molar-refractivity contribution in [1.82, 2.24) is 14.8 Å². The maximum Gasteiger partial charge on any atom is 0.271 e. The first-order chi connectivity index (χ1) is 9.65. The van der Waals surface area contributed by atoms with Gasteiger partial charge in [-0.15, -0.1) is 0 Å². The number of pyridine rings is 1. The van der Waals surface area contributed by atoms with Crippen LogP contribution in [0.1, 0.15) is 16.1 Å². The van der Waals surface area contributed by atoms with Crippen LogP contribution in [0.4, 0.5) is 5.69 Å². The molecule has 1 amide bonds. The van der Waals surface area contributed by atoms with Crippen LogP contribution < -0.4 is 11.5 Å². The van der Waals surface area contributed by atoms with E-state index in [4.69, 9.17) is 11.5 Å². The zero-order valence-corrected chi connectivity index (χ0v) is 10.7. The van der Waals surface area contributed by atoms with Gasteiger partial charge in [-0.3, -0.25) is 14.5 Å². The smallest absolute Gasteiger partial charge is 0.271 e. The molecule has 0 fully saturated rings. The molecule has 0 atom stereocenters. The summed E-state index contributed by atoms with van der Waals surface area (Å²) in [6, 6.07) is 9.77. The number of para-hydroxylation sites is 1. The van der Waals surface area contributed by atoms with Crippen LogP contribution in [0.3, 0.4) is 0 Å². The van der Waals surface area contributed by atoms with E-state index >= 15 is 0 Å². The lowest BCUT2D eigenvalue weighted by Crippen LogP contribution is -2.14. The second kappa shape index (κ2) is 4.65. The fourth-order valence-corrected chi connectivity index (χ4v) is 2.18. The predicted molar refractivity (Wildman–Crippen MR) is 76.0 cm³/mol. The first-order valence-corrected chi connectivity index (χ1v) is 6.10. The van der Waals surface area contributed by atoms with Gasteiger partial charge in [0.1, 0.15) is 0 Å². The molecule has 0 bridgehead atoms. The van der Waals surface area contributed by atoms with Gasteiger partial charge >= 0.3 is 0 Å². The lowest BCUT2D eigenvalue weighted by molar-refractivity contribution is 0.0995. The van der Waals surface area contributed by atoms with Crippen molar-refractivity contribution < 1.29 is 4.79 Å². The first-order valence-electron chi connectivity index (χ1n) is 6.10. The van der Waals surface area contributed by atoms with Gasteiger partial charge in [0.25, 0.3) is 5.91 Å². The van der Waals surface area contributed by atoms with E-state index in [1.54, 1.807) is 17.1 Å². The Kier molecular flexibility index (Phi) is 2.83. The summed E-state index contributed by atoms with van der Waals surface area (Å²) >= 11 is 0. The minimum atomic E-state index is -0.624. The van der Waals surface area contributed by atoms with E-state index < -0.39 is 5.91 Å². The third kappa shape index (κ3) is 2.07. The third-order valence-electron chi connectivity index (χ3n) is 3.10. The number of hydrogen-bond acceptors (Lipinski definition) is 4. The highest BCUT2D eigenvalue weighted by molar-refractivity contribution is 5.95. The number of amides is 1. The second-order valence-electron chi connectivity index (χ2n) is 4.48. The van der Waals surface area contributed by atoms with Crippen molar-refractivity contribution in [2.24, 2.45) is 5.73 Å². The molecule has 2 heterocycles. The summed E-state index contributed by atoms with van der Waals surface area (Å²) in [5.41, 5.74) is 13.3. The average Bonchev–Trinajstić information content (AvgIpc) is 2.80. The Balaban J connectivity index is 2.01. The topological polar surface area (TPSA) is 99.8 Å². The van der Waals surface area contributed by atoms with Crippen molar-refractivity contribution in [2.75, 3.05) is 5.73 Å². The molecule has 2 aromatic heterocycles. The maximum atomic E-state index is 11.2. The standard InChI is InChI=1S/C14H13N5O/c15-11-8-19(18-13(11)14(16)20)7-9-5-6-17-12-4-2-1-3-10(9)12/h1-6,8H,7,15H2,(H2,16,20). The van der Waals surface area contributed by atoms with Gasteiger partial charge in [-0.2, -0.15) is 5.10 Å². The summed E-state index contributed by atoms with van der Waals surface area (Å²) in [5, 5.41) is 5.15. The number of aromatic nitrogens is 3. The average molecular weight is 267 g/mol. The highest BCUT2D eigenvalue weighted by Crippen LogP contribution is 2.18. The summed E-state index contributed by atoms with van der Waals surface area (Å²) in [6.07, 6.45) is 3.36. The number of carbonyl (C=O) groups excluding carboxylic acids is 1. The molecule has 0 radical (unpaired) electrons. The predicted octanol–water partition coefficient (Wildman–Crippen LogP) is 1.16. The van der Waals surface area contributed by atoms with Crippen molar-refractivity contribution >= 4 is 22.5 Å². The molecule has 3 aromatic rings. The van der Waals surface area contributed by atoms with E-state index in [1.165, 1.54) is 0 Å². The molecule has 0 saturated carbocycles. The molecule has 6 heteroatoms. The molecular formula is C14H13N5O. The molecule has 0 aliphatic heterocycles. The van der Waals surface area contributed by atoms with E-state index in [0.29, 0.717) is 6.54 Å². The van der Waals surface area contributed by atoms with Crippen molar-refractivity contribution in [1.29, 1.82) is 0 Å². The number of primary amides is 1. The number of carbonyl (C=O) groups is 1. The third-order valence-corrected chi connectivity index (χ3v) is 3.10. The Morgan fingerprint density at radius 2 is 2.05 bits per heavy atom. The van der Waals surface area contributed by atoms with Crippen LogP contribution in [0.2, 0.25) is 0 Å². The molecule has 0 aliphatic rings. The number of nitrogen functional groups attached to an aromatic ring is 1. The van der Waals surface area contributed by atoms with Crippen LogP contribution in [-0.4, -0.2) is 20.7 Å². The SMILES string of the molecule is NC(=O)c1nn(Cc2ccnc3ccccc23)cc1N. The molecule has 0 saturated heterocycles. The summed E-state index contributed by atoms with van der Waals surface area (Å²) in [5.74, 6) is -0.624. The van der Waals surface area contributed by atoms with Crippen LogP contribution in [-0.2, 0) is 6.54 Å². The van der Waals surface area contributed by atoms with Crippen LogP contribution >= 0.6 is 0 Å². The summed E-state index contributed by atoms with van der Waals surface area (Å²) in [6.45, 7) is 0.501. The minimum absolute atomic E-state index is 0.100. The van der Waals surface area contributed by atoms with Crippen molar-refractivity contribution in [2.45, 2.75) is 6.54 Å². The Bertz CT molecular complexity index is 788. The molecule has 0 spiro atoms. The van der Waals surface area contributed by atoms with E-state index in [2.05, 4.69) is 10.1 Å².